The Hall–Kier alpha value is -6.38. The molecular weight excluding hydrogens is 689 g/mol. The zero-order chi connectivity index (χ0) is 38.1. The molecule has 0 unspecified atom stereocenters. The third-order valence-corrected chi connectivity index (χ3v) is 13.2. The molecule has 2 heteroatoms. The largest absolute Gasteiger partial charge is 0.310 e. The summed E-state index contributed by atoms with van der Waals surface area (Å²) in [6.07, 6.45) is 6.62. The van der Waals surface area contributed by atoms with Gasteiger partial charge in [-0.25, -0.2) is 0 Å². The highest BCUT2D eigenvalue weighted by atomic mass is 15.1. The number of hydrogen-bond donors (Lipinski definition) is 0. The van der Waals surface area contributed by atoms with E-state index in [1.807, 2.05) is 0 Å². The zero-order valence-electron chi connectivity index (χ0n) is 32.8. The Morgan fingerprint density at radius 1 is 0.491 bits per heavy atom. The number of para-hydroxylation sites is 2. The van der Waals surface area contributed by atoms with Gasteiger partial charge >= 0.3 is 0 Å². The molecule has 0 N–H and O–H groups in total. The van der Waals surface area contributed by atoms with Crippen LogP contribution in [0.1, 0.15) is 68.6 Å². The second-order valence-electron chi connectivity index (χ2n) is 16.8. The summed E-state index contributed by atoms with van der Waals surface area (Å²) in [7, 11) is 0. The van der Waals surface area contributed by atoms with E-state index in [1.165, 1.54) is 126 Å². The molecule has 2 nitrogen and oxygen atoms in total. The van der Waals surface area contributed by atoms with Crippen molar-refractivity contribution in [3.8, 4) is 27.9 Å². The molecule has 57 heavy (non-hydrogen) atoms. The molecule has 0 atom stereocenters. The monoisotopic (exact) mass is 734 g/mol. The van der Waals surface area contributed by atoms with Gasteiger partial charge in [0.25, 0.3) is 0 Å². The van der Waals surface area contributed by atoms with E-state index in [-0.39, 0.29) is 5.41 Å². The van der Waals surface area contributed by atoms with Crippen molar-refractivity contribution in [1.82, 2.24) is 4.57 Å². The molecule has 0 spiro atoms. The highest BCUT2D eigenvalue weighted by Gasteiger charge is 2.36. The first-order valence-electron chi connectivity index (χ1n) is 20.8. The molecule has 2 aliphatic rings. The van der Waals surface area contributed by atoms with Crippen molar-refractivity contribution in [3.05, 3.63) is 193 Å². The number of fused-ring (bicyclic) bond motifs is 7. The van der Waals surface area contributed by atoms with Crippen molar-refractivity contribution >= 4 is 49.6 Å². The standard InChI is InChI=1S/C55H46N2/c1-55(2)50-23-13-11-21-45(50)46-32-30-44(36-51(46)55)56(43-28-25-38(26-29-43)37-15-5-3-6-16-37)54-34-40-18-10-9-17-39(40)33-49(54)41-27-31-48-47-22-12-14-24-52(47)57(53(48)35-41)42-19-7-4-8-20-42/h4,7-14,17-37H,3,5-6,15-16H2,1-2H3. The molecular formula is C55H46N2. The third kappa shape index (κ3) is 5.53. The van der Waals surface area contributed by atoms with Gasteiger partial charge in [-0.15, -0.1) is 0 Å². The fraction of sp³-hybridized carbons (Fsp3) is 0.164. The average molecular weight is 735 g/mol. The minimum Gasteiger partial charge on any atom is -0.310 e. The molecule has 0 aliphatic heterocycles. The van der Waals surface area contributed by atoms with Crippen molar-refractivity contribution in [3.63, 3.8) is 0 Å². The maximum Gasteiger partial charge on any atom is 0.0547 e. The lowest BCUT2D eigenvalue weighted by molar-refractivity contribution is 0.443. The van der Waals surface area contributed by atoms with E-state index in [1.54, 1.807) is 0 Å². The van der Waals surface area contributed by atoms with Crippen LogP contribution in [0.2, 0.25) is 0 Å². The fourth-order valence-corrected chi connectivity index (χ4v) is 10.2. The predicted octanol–water partition coefficient (Wildman–Crippen LogP) is 15.4. The molecule has 8 aromatic carbocycles. The molecule has 0 amide bonds. The summed E-state index contributed by atoms with van der Waals surface area (Å²) in [6.45, 7) is 4.76. The van der Waals surface area contributed by atoms with Crippen LogP contribution in [0.25, 0.3) is 60.5 Å². The lowest BCUT2D eigenvalue weighted by atomic mass is 9.82. The predicted molar refractivity (Wildman–Crippen MR) is 242 cm³/mol. The maximum atomic E-state index is 2.53. The topological polar surface area (TPSA) is 8.17 Å². The van der Waals surface area contributed by atoms with Gasteiger partial charge in [0.15, 0.2) is 0 Å². The highest BCUT2D eigenvalue weighted by molar-refractivity contribution is 6.11. The van der Waals surface area contributed by atoms with Crippen LogP contribution in [-0.2, 0) is 5.41 Å². The van der Waals surface area contributed by atoms with Crippen molar-refractivity contribution in [1.29, 1.82) is 0 Å². The zero-order valence-corrected chi connectivity index (χ0v) is 32.8. The van der Waals surface area contributed by atoms with E-state index < -0.39 is 0 Å². The van der Waals surface area contributed by atoms with Gasteiger partial charge in [-0.05, 0) is 124 Å². The van der Waals surface area contributed by atoms with E-state index in [2.05, 4.69) is 199 Å². The van der Waals surface area contributed by atoms with Crippen LogP contribution >= 0.6 is 0 Å². The van der Waals surface area contributed by atoms with Gasteiger partial charge in [0, 0.05) is 38.8 Å². The maximum absolute atomic E-state index is 2.53. The Kier molecular flexibility index (Phi) is 7.96. The number of benzene rings is 8. The van der Waals surface area contributed by atoms with Crippen LogP contribution in [0, 0.1) is 0 Å². The van der Waals surface area contributed by atoms with E-state index in [0.29, 0.717) is 5.92 Å². The normalized spacial score (nSPS) is 14.9. The van der Waals surface area contributed by atoms with E-state index in [9.17, 15) is 0 Å². The lowest BCUT2D eigenvalue weighted by Crippen LogP contribution is -2.17. The molecule has 0 radical (unpaired) electrons. The van der Waals surface area contributed by atoms with E-state index in [4.69, 9.17) is 0 Å². The van der Waals surface area contributed by atoms with Gasteiger partial charge in [0.1, 0.15) is 0 Å². The first-order valence-corrected chi connectivity index (χ1v) is 20.8. The summed E-state index contributed by atoms with van der Waals surface area (Å²) in [6, 6.07) is 66.1. The first kappa shape index (κ1) is 33.9. The molecule has 276 valence electrons. The summed E-state index contributed by atoms with van der Waals surface area (Å²) in [5.41, 5.74) is 16.4. The van der Waals surface area contributed by atoms with Crippen LogP contribution in [-0.4, -0.2) is 4.57 Å². The van der Waals surface area contributed by atoms with Crippen molar-refractivity contribution in [2.24, 2.45) is 0 Å². The number of rotatable bonds is 6. The summed E-state index contributed by atoms with van der Waals surface area (Å²) < 4.78 is 2.43. The third-order valence-electron chi connectivity index (χ3n) is 13.2. The van der Waals surface area contributed by atoms with Gasteiger partial charge in [-0.3, -0.25) is 0 Å². The molecule has 0 saturated heterocycles. The first-order chi connectivity index (χ1) is 28.0. The molecule has 2 aliphatic carbocycles. The second-order valence-corrected chi connectivity index (χ2v) is 16.8. The fourth-order valence-electron chi connectivity index (χ4n) is 10.2. The molecule has 0 bridgehead atoms. The smallest absolute Gasteiger partial charge is 0.0547 e. The van der Waals surface area contributed by atoms with E-state index in [0.717, 1.165) is 0 Å². The van der Waals surface area contributed by atoms with Gasteiger partial charge in [0.05, 0.1) is 16.7 Å². The van der Waals surface area contributed by atoms with Crippen LogP contribution < -0.4 is 4.90 Å². The van der Waals surface area contributed by atoms with Crippen LogP contribution in [0.3, 0.4) is 0 Å². The summed E-state index contributed by atoms with van der Waals surface area (Å²) >= 11 is 0. The van der Waals surface area contributed by atoms with Gasteiger partial charge in [-0.2, -0.15) is 0 Å². The summed E-state index contributed by atoms with van der Waals surface area (Å²) in [4.78, 5) is 2.53. The average Bonchev–Trinajstić information content (AvgIpc) is 3.72. The number of hydrogen-bond acceptors (Lipinski definition) is 1. The summed E-state index contributed by atoms with van der Waals surface area (Å²) in [5, 5.41) is 4.99. The van der Waals surface area contributed by atoms with Gasteiger partial charge in [-0.1, -0.05) is 148 Å². The van der Waals surface area contributed by atoms with E-state index >= 15 is 0 Å². The molecule has 1 fully saturated rings. The number of anilines is 3. The highest BCUT2D eigenvalue weighted by Crippen LogP contribution is 2.52. The van der Waals surface area contributed by atoms with Crippen molar-refractivity contribution in [2.75, 3.05) is 4.90 Å². The minimum atomic E-state index is -0.111. The molecule has 1 aromatic heterocycles. The van der Waals surface area contributed by atoms with Crippen LogP contribution in [0.5, 0.6) is 0 Å². The van der Waals surface area contributed by atoms with Gasteiger partial charge < -0.3 is 9.47 Å². The van der Waals surface area contributed by atoms with Crippen LogP contribution in [0.15, 0.2) is 176 Å². The Labute approximate surface area is 335 Å². The Balaban J connectivity index is 1.15. The quantitative estimate of drug-likeness (QED) is 0.165. The summed E-state index contributed by atoms with van der Waals surface area (Å²) in [5.74, 6) is 0.653. The molecule has 9 aromatic rings. The Morgan fingerprint density at radius 2 is 1.16 bits per heavy atom. The molecule has 1 saturated carbocycles. The second kappa shape index (κ2) is 13.4. The SMILES string of the molecule is CC1(C)c2ccccc2-c2ccc(N(c3ccc(C4CCCCC4)cc3)c3cc4ccccc4cc3-c3ccc4c5ccccc5n(-c5ccccc5)c4c3)cc21. The molecule has 11 rings (SSSR count). The number of nitrogens with zero attached hydrogens (tertiary/aromatic N) is 2. The minimum absolute atomic E-state index is 0.111. The van der Waals surface area contributed by atoms with Crippen molar-refractivity contribution < 1.29 is 0 Å². The Bertz CT molecular complexity index is 2960. The lowest BCUT2D eigenvalue weighted by Gasteiger charge is -2.31. The number of aromatic nitrogens is 1. The Morgan fingerprint density at radius 3 is 1.98 bits per heavy atom. The van der Waals surface area contributed by atoms with Crippen molar-refractivity contribution in [2.45, 2.75) is 57.3 Å². The molecule has 1 heterocycles. The van der Waals surface area contributed by atoms with Crippen LogP contribution in [0.4, 0.5) is 17.1 Å². The van der Waals surface area contributed by atoms with Gasteiger partial charge in [0.2, 0.25) is 0 Å².